The Hall–Kier alpha value is -2.39. The lowest BCUT2D eigenvalue weighted by atomic mass is 10.00. The van der Waals surface area contributed by atoms with Crippen LogP contribution in [-0.4, -0.2) is 96.0 Å². The largest absolute Gasteiger partial charge is 0.462 e. The van der Waals surface area contributed by atoms with Crippen molar-refractivity contribution in [3.63, 3.8) is 0 Å². The first-order chi connectivity index (χ1) is 27.0. The molecule has 56 heavy (non-hydrogen) atoms. The van der Waals surface area contributed by atoms with Gasteiger partial charge in [-0.25, -0.2) is 0 Å². The van der Waals surface area contributed by atoms with Crippen molar-refractivity contribution in [1.29, 1.82) is 0 Å². The van der Waals surface area contributed by atoms with Gasteiger partial charge in [-0.3, -0.25) is 14.1 Å². The summed E-state index contributed by atoms with van der Waals surface area (Å²) in [6.45, 7) is 3.59. The van der Waals surface area contributed by atoms with Gasteiger partial charge in [0.05, 0.1) is 6.61 Å². The molecule has 0 saturated carbocycles. The van der Waals surface area contributed by atoms with E-state index in [2.05, 4.69) is 62.5 Å². The molecule has 12 nitrogen and oxygen atoms in total. The predicted molar refractivity (Wildman–Crippen MR) is 219 cm³/mol. The van der Waals surface area contributed by atoms with E-state index in [0.29, 0.717) is 12.8 Å². The Morgan fingerprint density at radius 2 is 1.12 bits per heavy atom. The molecule has 1 saturated heterocycles. The molecule has 13 heteroatoms. The minimum atomic E-state index is -4.61. The summed E-state index contributed by atoms with van der Waals surface area (Å²) in [5, 5.41) is 30.8. The molecule has 0 aromatic carbocycles. The van der Waals surface area contributed by atoms with Crippen LogP contribution in [0, 0.1) is 0 Å². The molecule has 2 unspecified atom stereocenters. The van der Waals surface area contributed by atoms with Gasteiger partial charge in [0, 0.05) is 12.8 Å². The van der Waals surface area contributed by atoms with E-state index in [1.165, 1.54) is 57.8 Å². The highest BCUT2D eigenvalue weighted by molar-refractivity contribution is 7.85. The Morgan fingerprint density at radius 3 is 1.68 bits per heavy atom. The number of hydrogen-bond acceptors (Lipinski definition) is 11. The van der Waals surface area contributed by atoms with Gasteiger partial charge in [0.1, 0.15) is 36.8 Å². The molecule has 0 spiro atoms. The van der Waals surface area contributed by atoms with Crippen LogP contribution in [0.5, 0.6) is 0 Å². The molecule has 4 N–H and O–H groups in total. The number of hydrogen-bond donors (Lipinski definition) is 4. The Balaban J connectivity index is 2.52. The maximum atomic E-state index is 12.8. The summed E-state index contributed by atoms with van der Waals surface area (Å²) in [7, 11) is -4.61. The van der Waals surface area contributed by atoms with E-state index in [4.69, 9.17) is 18.9 Å². The number of carbonyl (C=O) groups excluding carboxylic acids is 2. The van der Waals surface area contributed by atoms with Gasteiger partial charge in [0.25, 0.3) is 10.1 Å². The van der Waals surface area contributed by atoms with Crippen LogP contribution in [0.2, 0.25) is 0 Å². The number of aliphatic hydroxyl groups excluding tert-OH is 3. The van der Waals surface area contributed by atoms with Gasteiger partial charge in [-0.05, 0) is 51.4 Å². The summed E-state index contributed by atoms with van der Waals surface area (Å²) in [4.78, 5) is 25.3. The molecule has 0 bridgehead atoms. The third kappa shape index (κ3) is 28.1. The van der Waals surface area contributed by atoms with Crippen LogP contribution >= 0.6 is 0 Å². The minimum Gasteiger partial charge on any atom is -0.462 e. The summed E-state index contributed by atoms with van der Waals surface area (Å²) in [6, 6.07) is 0. The highest BCUT2D eigenvalue weighted by Gasteiger charge is 2.46. The van der Waals surface area contributed by atoms with Crippen LogP contribution in [0.4, 0.5) is 0 Å². The maximum absolute atomic E-state index is 12.8. The highest BCUT2D eigenvalue weighted by Crippen LogP contribution is 2.24. The highest BCUT2D eigenvalue weighted by atomic mass is 32.2. The van der Waals surface area contributed by atoms with Crippen molar-refractivity contribution < 1.29 is 56.8 Å². The van der Waals surface area contributed by atoms with E-state index < -0.39 is 71.2 Å². The fourth-order valence-corrected chi connectivity index (χ4v) is 6.83. The number of allylic oxidation sites excluding steroid dienone is 8. The molecule has 1 aliphatic heterocycles. The topological polar surface area (TPSA) is 186 Å². The zero-order chi connectivity index (χ0) is 41.3. The molecule has 0 radical (unpaired) electrons. The van der Waals surface area contributed by atoms with Gasteiger partial charge in [-0.2, -0.15) is 8.42 Å². The van der Waals surface area contributed by atoms with Crippen molar-refractivity contribution in [2.75, 3.05) is 19.0 Å². The van der Waals surface area contributed by atoms with E-state index in [0.717, 1.165) is 57.8 Å². The normalized spacial score (nSPS) is 21.1. The Kier molecular flexibility index (Phi) is 30.9. The van der Waals surface area contributed by atoms with E-state index in [1.807, 2.05) is 0 Å². The number of aliphatic hydroxyl groups is 3. The molecule has 1 fully saturated rings. The van der Waals surface area contributed by atoms with Gasteiger partial charge in [-0.1, -0.05) is 140 Å². The SMILES string of the molecule is CC/C=C/C/C=C/C/C=C/C/C=C/CCCCC(=O)O[C@H](COC(=O)CCCCCCCCCCCCCCC)CO[C@H]1O[C@H](CS(=O)(=O)O)[C@@H](O)C(O)C1O. The van der Waals surface area contributed by atoms with Crippen molar-refractivity contribution in [2.45, 2.75) is 192 Å². The molecule has 1 rings (SSSR count). The molecule has 1 aliphatic rings. The quantitative estimate of drug-likeness (QED) is 0.0213. The van der Waals surface area contributed by atoms with Crippen LogP contribution in [0.1, 0.15) is 155 Å². The maximum Gasteiger partial charge on any atom is 0.306 e. The fraction of sp³-hybridized carbons (Fsp3) is 0.767. The van der Waals surface area contributed by atoms with Crippen LogP contribution in [0.3, 0.4) is 0 Å². The van der Waals surface area contributed by atoms with Crippen LogP contribution < -0.4 is 0 Å². The lowest BCUT2D eigenvalue weighted by molar-refractivity contribution is -0.297. The second kappa shape index (κ2) is 33.6. The molecular formula is C43H74O12S. The Bertz CT molecular complexity index is 1230. The lowest BCUT2D eigenvalue weighted by Crippen LogP contribution is -2.60. The standard InChI is InChI=1S/C43H74O12S/c1-3-5-7-9-11-13-15-17-18-20-22-24-26-28-30-32-39(45)54-36(34-53-43-42(48)41(47)40(46)37(55-43)35-56(49,50)51)33-52-38(44)31-29-27-25-23-21-19-16-14-12-10-8-6-4-2/h5,7,11,13,17-18,22,24,36-37,40-43,46-48H,3-4,6,8-10,12,14-16,19-21,23,25-35H2,1-2H3,(H,49,50,51)/b7-5+,13-11+,18-17+,24-22+/t36-,37-,40-,41?,42?,43+/m1/s1. The van der Waals surface area contributed by atoms with Crippen molar-refractivity contribution in [2.24, 2.45) is 0 Å². The predicted octanol–water partition coefficient (Wildman–Crippen LogP) is 8.00. The number of rotatable bonds is 34. The van der Waals surface area contributed by atoms with E-state index in [1.54, 1.807) is 0 Å². The van der Waals surface area contributed by atoms with Crippen molar-refractivity contribution in [1.82, 2.24) is 0 Å². The van der Waals surface area contributed by atoms with Gasteiger partial charge in [-0.15, -0.1) is 0 Å². The monoisotopic (exact) mass is 814 g/mol. The molecule has 0 aromatic heterocycles. The summed E-state index contributed by atoms with van der Waals surface area (Å²) < 4.78 is 53.9. The summed E-state index contributed by atoms with van der Waals surface area (Å²) in [5.41, 5.74) is 0. The fourth-order valence-electron chi connectivity index (χ4n) is 6.14. The second-order valence-electron chi connectivity index (χ2n) is 14.6. The van der Waals surface area contributed by atoms with Gasteiger partial charge >= 0.3 is 11.9 Å². The Morgan fingerprint density at radius 1 is 0.625 bits per heavy atom. The Labute approximate surface area is 337 Å². The first kappa shape index (κ1) is 51.6. The lowest BCUT2D eigenvalue weighted by Gasteiger charge is -2.40. The van der Waals surface area contributed by atoms with Gasteiger partial charge < -0.3 is 34.3 Å². The average Bonchev–Trinajstić information content (AvgIpc) is 3.16. The van der Waals surface area contributed by atoms with Gasteiger partial charge in [0.15, 0.2) is 12.4 Å². The number of unbranched alkanes of at least 4 members (excludes halogenated alkanes) is 14. The first-order valence-electron chi connectivity index (χ1n) is 21.2. The molecule has 6 atom stereocenters. The number of esters is 2. The molecule has 0 amide bonds. The minimum absolute atomic E-state index is 0.112. The van der Waals surface area contributed by atoms with E-state index >= 15 is 0 Å². The first-order valence-corrected chi connectivity index (χ1v) is 22.8. The molecule has 324 valence electrons. The van der Waals surface area contributed by atoms with Crippen molar-refractivity contribution in [3.05, 3.63) is 48.6 Å². The molecule has 1 heterocycles. The second-order valence-corrected chi connectivity index (χ2v) is 16.1. The van der Waals surface area contributed by atoms with Crippen LogP contribution in [0.25, 0.3) is 0 Å². The summed E-state index contributed by atoms with van der Waals surface area (Å²) in [6.07, 6.45) is 28.8. The van der Waals surface area contributed by atoms with Crippen LogP contribution in [0.15, 0.2) is 48.6 Å². The summed E-state index contributed by atoms with van der Waals surface area (Å²) >= 11 is 0. The number of carbonyl (C=O) groups is 2. The van der Waals surface area contributed by atoms with Crippen LogP contribution in [-0.2, 0) is 38.7 Å². The summed E-state index contributed by atoms with van der Waals surface area (Å²) in [5.74, 6) is -2.04. The molecule has 0 aromatic rings. The van der Waals surface area contributed by atoms with E-state index in [-0.39, 0.29) is 19.4 Å². The third-order valence-corrected chi connectivity index (χ3v) is 10.2. The van der Waals surface area contributed by atoms with Crippen molar-refractivity contribution in [3.8, 4) is 0 Å². The smallest absolute Gasteiger partial charge is 0.306 e. The molecular weight excluding hydrogens is 741 g/mol. The van der Waals surface area contributed by atoms with E-state index in [9.17, 15) is 37.9 Å². The van der Waals surface area contributed by atoms with Crippen molar-refractivity contribution >= 4 is 22.1 Å². The molecule has 0 aliphatic carbocycles. The zero-order valence-electron chi connectivity index (χ0n) is 34.2. The number of ether oxygens (including phenoxy) is 4. The average molecular weight is 815 g/mol. The zero-order valence-corrected chi connectivity index (χ0v) is 35.0. The van der Waals surface area contributed by atoms with Gasteiger partial charge in [0.2, 0.25) is 0 Å². The third-order valence-electron chi connectivity index (χ3n) is 9.42.